The fourth-order valence-corrected chi connectivity index (χ4v) is 2.52. The lowest BCUT2D eigenvalue weighted by atomic mass is 10.2. The molecule has 1 rings (SSSR count). The second-order valence-corrected chi connectivity index (χ2v) is 5.77. The zero-order chi connectivity index (χ0) is 17.0. The van der Waals surface area contributed by atoms with Crippen LogP contribution >= 0.6 is 0 Å². The zero-order valence-electron chi connectivity index (χ0n) is 11.3. The van der Waals surface area contributed by atoms with Gasteiger partial charge in [0.15, 0.2) is 5.03 Å². The van der Waals surface area contributed by atoms with Crippen LogP contribution in [0.1, 0.15) is 13.3 Å². The number of hydrogen-bond donors (Lipinski definition) is 2. The number of carbonyl (C=O) groups is 1. The predicted molar refractivity (Wildman–Crippen MR) is 68.1 cm³/mol. The summed E-state index contributed by atoms with van der Waals surface area (Å²) in [5, 5.41) is 11.5. The molecule has 0 aromatic carbocycles. The number of aliphatic carboxylic acids is 1. The molecule has 22 heavy (non-hydrogen) atoms. The van der Waals surface area contributed by atoms with Gasteiger partial charge in [0.25, 0.3) is 10.0 Å². The molecule has 0 saturated heterocycles. The fourth-order valence-electron chi connectivity index (χ4n) is 1.39. The molecule has 2 N–H and O–H groups in total. The molecule has 1 heterocycles. The summed E-state index contributed by atoms with van der Waals surface area (Å²) in [7, 11) is -4.37. The molecule has 11 heteroatoms. The highest BCUT2D eigenvalue weighted by atomic mass is 32.2. The highest BCUT2D eigenvalue weighted by Crippen LogP contribution is 2.17. The Bertz CT molecular complexity index is 700. The van der Waals surface area contributed by atoms with E-state index in [9.17, 15) is 26.4 Å². The molecule has 122 valence electrons. The van der Waals surface area contributed by atoms with E-state index in [2.05, 4.69) is 16.9 Å². The summed E-state index contributed by atoms with van der Waals surface area (Å²) in [5.74, 6) is 3.37. The molecule has 0 aliphatic heterocycles. The van der Waals surface area contributed by atoms with Gasteiger partial charge in [0.1, 0.15) is 12.6 Å². The molecule has 0 bridgehead atoms. The lowest BCUT2D eigenvalue weighted by Gasteiger charge is -2.11. The van der Waals surface area contributed by atoms with E-state index >= 15 is 0 Å². The first kappa shape index (κ1) is 18.0. The maximum Gasteiger partial charge on any atom is 0.408 e. The van der Waals surface area contributed by atoms with E-state index < -0.39 is 39.8 Å². The highest BCUT2D eigenvalue weighted by Gasteiger charge is 2.30. The van der Waals surface area contributed by atoms with Crippen LogP contribution in [0.3, 0.4) is 0 Å². The molecule has 0 spiro atoms. The molecular weight excluding hydrogens is 327 g/mol. The Morgan fingerprint density at radius 1 is 1.55 bits per heavy atom. The van der Waals surface area contributed by atoms with Crippen LogP contribution in [0.25, 0.3) is 0 Å². The van der Waals surface area contributed by atoms with Gasteiger partial charge < -0.3 is 5.11 Å². The van der Waals surface area contributed by atoms with Gasteiger partial charge in [-0.1, -0.05) is 0 Å². The monoisotopic (exact) mass is 339 g/mol. The maximum atomic E-state index is 12.2. The number of rotatable bonds is 6. The standard InChI is InChI=1S/C11H12F3N3O4S/c1-2-3-4-8(10(18)19)16-22(20,21)9-5-6-17(15-9)7-11(12,13)14/h5-6,8,16H,4,7H2,1H3,(H,18,19). The molecule has 0 radical (unpaired) electrons. The van der Waals surface area contributed by atoms with Crippen LogP contribution in [-0.2, 0) is 21.4 Å². The minimum Gasteiger partial charge on any atom is -0.480 e. The number of aromatic nitrogens is 2. The van der Waals surface area contributed by atoms with E-state index in [0.717, 1.165) is 12.3 Å². The minimum atomic E-state index is -4.55. The fraction of sp³-hybridized carbons (Fsp3) is 0.455. The number of carboxylic acids is 1. The minimum absolute atomic E-state index is 0.283. The topological polar surface area (TPSA) is 101 Å². The summed E-state index contributed by atoms with van der Waals surface area (Å²) in [6.45, 7) is -0.00158. The van der Waals surface area contributed by atoms with Crippen LogP contribution in [0.2, 0.25) is 0 Å². The van der Waals surface area contributed by atoms with Gasteiger partial charge in [-0.2, -0.15) is 23.0 Å². The molecule has 7 nitrogen and oxygen atoms in total. The Kier molecular flexibility index (Phi) is 5.56. The van der Waals surface area contributed by atoms with Crippen molar-refractivity contribution in [2.75, 3.05) is 0 Å². The summed E-state index contributed by atoms with van der Waals surface area (Å²) in [6, 6.07) is -0.677. The van der Waals surface area contributed by atoms with Crippen LogP contribution in [0.15, 0.2) is 17.3 Å². The third-order valence-corrected chi connectivity index (χ3v) is 3.67. The van der Waals surface area contributed by atoms with E-state index in [-0.39, 0.29) is 6.42 Å². The van der Waals surface area contributed by atoms with Crippen molar-refractivity contribution in [2.24, 2.45) is 0 Å². The number of hydrogen-bond acceptors (Lipinski definition) is 4. The van der Waals surface area contributed by atoms with E-state index in [1.165, 1.54) is 6.92 Å². The van der Waals surface area contributed by atoms with Crippen molar-refractivity contribution in [1.82, 2.24) is 14.5 Å². The summed E-state index contributed by atoms with van der Waals surface area (Å²) < 4.78 is 62.6. The second-order valence-electron chi connectivity index (χ2n) is 4.11. The number of nitrogens with one attached hydrogen (secondary N) is 1. The lowest BCUT2D eigenvalue weighted by Crippen LogP contribution is -2.40. The molecule has 1 aromatic rings. The van der Waals surface area contributed by atoms with Crippen molar-refractivity contribution in [1.29, 1.82) is 0 Å². The summed E-state index contributed by atoms with van der Waals surface area (Å²) >= 11 is 0. The molecule has 0 amide bonds. The molecule has 1 unspecified atom stereocenters. The largest absolute Gasteiger partial charge is 0.480 e. The molecule has 0 aliphatic rings. The first-order chi connectivity index (χ1) is 10.0. The Morgan fingerprint density at radius 2 is 2.18 bits per heavy atom. The summed E-state index contributed by atoms with van der Waals surface area (Å²) in [6.07, 6.45) is -4.00. The Labute approximate surface area is 124 Å². The second kappa shape index (κ2) is 6.80. The molecular formula is C11H12F3N3O4S. The molecule has 0 fully saturated rings. The lowest BCUT2D eigenvalue weighted by molar-refractivity contribution is -0.142. The van der Waals surface area contributed by atoms with Gasteiger partial charge in [0, 0.05) is 12.6 Å². The van der Waals surface area contributed by atoms with Gasteiger partial charge in [0.05, 0.1) is 0 Å². The SMILES string of the molecule is CC#CCC(NS(=O)(=O)c1ccn(CC(F)(F)F)n1)C(=O)O. The third kappa shape index (κ3) is 5.38. The van der Waals surface area contributed by atoms with E-state index in [1.54, 1.807) is 0 Å². The van der Waals surface area contributed by atoms with Gasteiger partial charge in [-0.15, -0.1) is 11.8 Å². The van der Waals surface area contributed by atoms with Crippen molar-refractivity contribution >= 4 is 16.0 Å². The van der Waals surface area contributed by atoms with Gasteiger partial charge >= 0.3 is 12.1 Å². The number of carboxylic acid groups (broad SMARTS) is 1. The van der Waals surface area contributed by atoms with E-state index in [0.29, 0.717) is 4.68 Å². The van der Waals surface area contributed by atoms with Crippen molar-refractivity contribution in [2.45, 2.75) is 37.1 Å². The average molecular weight is 339 g/mol. The van der Waals surface area contributed by atoms with E-state index in [1.807, 2.05) is 4.72 Å². The first-order valence-corrected chi connectivity index (χ1v) is 7.28. The first-order valence-electron chi connectivity index (χ1n) is 5.80. The Morgan fingerprint density at radius 3 is 2.68 bits per heavy atom. The van der Waals surface area contributed by atoms with Gasteiger partial charge in [-0.3, -0.25) is 9.48 Å². The van der Waals surface area contributed by atoms with E-state index in [4.69, 9.17) is 5.11 Å². The number of sulfonamides is 1. The highest BCUT2D eigenvalue weighted by molar-refractivity contribution is 7.89. The summed E-state index contributed by atoms with van der Waals surface area (Å²) in [5.41, 5.74) is 0. The van der Waals surface area contributed by atoms with Gasteiger partial charge in [-0.05, 0) is 13.0 Å². The smallest absolute Gasteiger partial charge is 0.408 e. The van der Waals surface area contributed by atoms with Crippen LogP contribution in [0, 0.1) is 11.8 Å². The zero-order valence-corrected chi connectivity index (χ0v) is 12.1. The molecule has 0 saturated carbocycles. The van der Waals surface area contributed by atoms with Crippen molar-refractivity contribution < 1.29 is 31.5 Å². The number of alkyl halides is 3. The summed E-state index contributed by atoms with van der Waals surface area (Å²) in [4.78, 5) is 10.9. The quantitative estimate of drug-likeness (QED) is 0.739. The van der Waals surface area contributed by atoms with Crippen LogP contribution in [-0.4, -0.2) is 41.5 Å². The predicted octanol–water partition coefficient (Wildman–Crippen LogP) is 0.590. The Balaban J connectivity index is 2.93. The Hall–Kier alpha value is -2.06. The molecule has 1 aromatic heterocycles. The van der Waals surface area contributed by atoms with Crippen LogP contribution in [0.4, 0.5) is 13.2 Å². The maximum absolute atomic E-state index is 12.2. The normalized spacial score (nSPS) is 13.3. The average Bonchev–Trinajstić information content (AvgIpc) is 2.81. The van der Waals surface area contributed by atoms with Gasteiger partial charge in [0.2, 0.25) is 0 Å². The van der Waals surface area contributed by atoms with Gasteiger partial charge in [-0.25, -0.2) is 8.42 Å². The van der Waals surface area contributed by atoms with Crippen molar-refractivity contribution in [3.8, 4) is 11.8 Å². The number of nitrogens with zero attached hydrogens (tertiary/aromatic N) is 2. The molecule has 0 aliphatic carbocycles. The van der Waals surface area contributed by atoms with Crippen molar-refractivity contribution in [3.05, 3.63) is 12.3 Å². The third-order valence-electron chi connectivity index (χ3n) is 2.31. The molecule has 1 atom stereocenters. The van der Waals surface area contributed by atoms with Crippen molar-refractivity contribution in [3.63, 3.8) is 0 Å². The number of halogens is 3. The van der Waals surface area contributed by atoms with Crippen LogP contribution < -0.4 is 4.72 Å². The van der Waals surface area contributed by atoms with Crippen LogP contribution in [0.5, 0.6) is 0 Å².